The number of ether oxygens (including phenoxy) is 1. The summed E-state index contributed by atoms with van der Waals surface area (Å²) in [5, 5.41) is 2.77. The largest absolute Gasteiger partial charge is 0.453 e. The van der Waals surface area contributed by atoms with Crippen LogP contribution in [-0.4, -0.2) is 96.9 Å². The van der Waals surface area contributed by atoms with Crippen molar-refractivity contribution < 1.29 is 28.3 Å². The summed E-state index contributed by atoms with van der Waals surface area (Å²) in [6.45, 7) is 7.19. The molecule has 10 heteroatoms. The number of para-hydroxylation sites is 1. The highest BCUT2D eigenvalue weighted by atomic mass is 19.1. The lowest BCUT2D eigenvalue weighted by atomic mass is 10.0. The number of halogens is 1. The number of aldehydes is 1. The number of amides is 3. The van der Waals surface area contributed by atoms with Gasteiger partial charge in [0.25, 0.3) is 12.3 Å². The van der Waals surface area contributed by atoms with E-state index in [4.69, 9.17) is 4.74 Å². The molecule has 1 aromatic carbocycles. The molecule has 0 radical (unpaired) electrons. The van der Waals surface area contributed by atoms with Crippen LogP contribution in [0.15, 0.2) is 24.3 Å². The molecular weight excluding hydrogens is 455 g/mol. The Kier molecular flexibility index (Phi) is 9.20. The molecule has 0 aromatic heterocycles. The first-order valence-electron chi connectivity index (χ1n) is 12.1. The second-order valence-corrected chi connectivity index (χ2v) is 9.58. The maximum atomic E-state index is 13.6. The molecule has 1 aromatic rings. The van der Waals surface area contributed by atoms with Crippen LogP contribution in [0.25, 0.3) is 0 Å². The zero-order chi connectivity index (χ0) is 25.5. The molecule has 2 aliphatic heterocycles. The molecule has 2 aliphatic rings. The van der Waals surface area contributed by atoms with Gasteiger partial charge in [-0.25, -0.2) is 0 Å². The number of rotatable bonds is 9. The number of nitrogens with zero attached hydrogens (tertiary/aromatic N) is 3. The molecule has 2 saturated heterocycles. The summed E-state index contributed by atoms with van der Waals surface area (Å²) in [7, 11) is 2.02. The Labute approximate surface area is 205 Å². The minimum Gasteiger partial charge on any atom is -0.453 e. The summed E-state index contributed by atoms with van der Waals surface area (Å²) >= 11 is 0. The van der Waals surface area contributed by atoms with Gasteiger partial charge in [0.05, 0.1) is 5.56 Å². The summed E-state index contributed by atoms with van der Waals surface area (Å²) in [4.78, 5) is 56.2. The summed E-state index contributed by atoms with van der Waals surface area (Å²) in [5.41, 5.74) is 0.0186. The number of carbonyl (C=O) groups excluding carboxylic acids is 4. The molecule has 9 nitrogen and oxygen atoms in total. The van der Waals surface area contributed by atoms with Gasteiger partial charge in [-0.05, 0) is 44.4 Å². The Morgan fingerprint density at radius 1 is 1.14 bits per heavy atom. The van der Waals surface area contributed by atoms with Crippen molar-refractivity contribution in [1.82, 2.24) is 20.0 Å². The lowest BCUT2D eigenvalue weighted by molar-refractivity contribution is -0.145. The van der Waals surface area contributed by atoms with Crippen molar-refractivity contribution >= 4 is 24.0 Å². The van der Waals surface area contributed by atoms with E-state index < -0.39 is 24.3 Å². The highest BCUT2D eigenvalue weighted by molar-refractivity contribution is 6.00. The van der Waals surface area contributed by atoms with Crippen LogP contribution in [0, 0.1) is 5.92 Å². The number of carbonyl (C=O) groups is 4. The van der Waals surface area contributed by atoms with Crippen molar-refractivity contribution in [2.75, 3.05) is 39.8 Å². The van der Waals surface area contributed by atoms with Gasteiger partial charge in [-0.15, -0.1) is 0 Å². The predicted octanol–water partition coefficient (Wildman–Crippen LogP) is 1.47. The normalized spacial score (nSPS) is 20.4. The number of piperazine rings is 1. The standard InChI is InChI=1S/C25H35FN4O5/c1-17(2)15-19(27-23(32)18-7-4-5-9-21(18)35-22(26)16-31)24(33)30-10-6-8-20(30)25(34)29-13-11-28(3)12-14-29/h4-5,7,9,16-17,19-20,22H,6,8,10-15H2,1-3H3,(H,27,32). The molecule has 3 amide bonds. The quantitative estimate of drug-likeness (QED) is 0.527. The zero-order valence-electron chi connectivity index (χ0n) is 20.6. The average Bonchev–Trinajstić information content (AvgIpc) is 3.33. The van der Waals surface area contributed by atoms with E-state index in [1.54, 1.807) is 17.0 Å². The van der Waals surface area contributed by atoms with Gasteiger partial charge in [-0.2, -0.15) is 4.39 Å². The van der Waals surface area contributed by atoms with Crippen LogP contribution in [0.3, 0.4) is 0 Å². The minimum atomic E-state index is -2.21. The van der Waals surface area contributed by atoms with E-state index in [1.807, 2.05) is 25.8 Å². The molecule has 3 rings (SSSR count). The minimum absolute atomic E-state index is 0.00925. The van der Waals surface area contributed by atoms with Crippen LogP contribution in [0.1, 0.15) is 43.5 Å². The lowest BCUT2D eigenvalue weighted by Gasteiger charge is -2.36. The molecule has 3 atom stereocenters. The SMILES string of the molecule is CC(C)CC(NC(=O)c1ccccc1OC(F)C=O)C(=O)N1CCCC1C(=O)N1CCN(C)CC1. The summed E-state index contributed by atoms with van der Waals surface area (Å²) in [5.74, 6) is -0.953. The fourth-order valence-corrected chi connectivity index (χ4v) is 4.56. The van der Waals surface area contributed by atoms with Gasteiger partial charge < -0.3 is 24.8 Å². The fourth-order valence-electron chi connectivity index (χ4n) is 4.56. The zero-order valence-corrected chi connectivity index (χ0v) is 20.6. The van der Waals surface area contributed by atoms with Gasteiger partial charge in [-0.3, -0.25) is 19.2 Å². The highest BCUT2D eigenvalue weighted by Gasteiger charge is 2.40. The van der Waals surface area contributed by atoms with Gasteiger partial charge in [-0.1, -0.05) is 26.0 Å². The maximum absolute atomic E-state index is 13.6. The molecule has 0 aliphatic carbocycles. The van der Waals surface area contributed by atoms with Crippen LogP contribution in [0.4, 0.5) is 4.39 Å². The fraction of sp³-hybridized carbons (Fsp3) is 0.600. The molecule has 2 heterocycles. The van der Waals surface area contributed by atoms with Crippen molar-refractivity contribution in [2.45, 2.75) is 51.6 Å². The van der Waals surface area contributed by atoms with Crippen LogP contribution in [0.2, 0.25) is 0 Å². The molecule has 0 saturated carbocycles. The van der Waals surface area contributed by atoms with Crippen molar-refractivity contribution in [3.8, 4) is 5.75 Å². The van der Waals surface area contributed by atoms with E-state index >= 15 is 0 Å². The summed E-state index contributed by atoms with van der Waals surface area (Å²) < 4.78 is 18.4. The molecule has 1 N–H and O–H groups in total. The number of nitrogens with one attached hydrogen (secondary N) is 1. The van der Waals surface area contributed by atoms with E-state index in [0.29, 0.717) is 32.5 Å². The van der Waals surface area contributed by atoms with E-state index in [0.717, 1.165) is 19.5 Å². The third-order valence-electron chi connectivity index (χ3n) is 6.42. The number of alkyl halides is 1. The summed E-state index contributed by atoms with van der Waals surface area (Å²) in [6.07, 6.45) is -0.523. The monoisotopic (exact) mass is 490 g/mol. The van der Waals surface area contributed by atoms with E-state index in [1.165, 1.54) is 12.1 Å². The van der Waals surface area contributed by atoms with Crippen molar-refractivity contribution in [3.05, 3.63) is 29.8 Å². The predicted molar refractivity (Wildman–Crippen MR) is 128 cm³/mol. The van der Waals surface area contributed by atoms with Crippen LogP contribution >= 0.6 is 0 Å². The number of likely N-dealkylation sites (N-methyl/N-ethyl adjacent to an activating group) is 1. The molecule has 0 spiro atoms. The molecule has 3 unspecified atom stereocenters. The van der Waals surface area contributed by atoms with Crippen LogP contribution < -0.4 is 10.1 Å². The smallest absolute Gasteiger partial charge is 0.293 e. The first-order valence-corrected chi connectivity index (χ1v) is 12.1. The molecule has 2 fully saturated rings. The van der Waals surface area contributed by atoms with Crippen molar-refractivity contribution in [3.63, 3.8) is 0 Å². The van der Waals surface area contributed by atoms with E-state index in [-0.39, 0.29) is 35.3 Å². The number of likely N-dealkylation sites (tertiary alicyclic amines) is 1. The molecular formula is C25H35FN4O5. The third-order valence-corrected chi connectivity index (χ3v) is 6.42. The van der Waals surface area contributed by atoms with Crippen molar-refractivity contribution in [2.24, 2.45) is 5.92 Å². The Balaban J connectivity index is 1.75. The molecule has 35 heavy (non-hydrogen) atoms. The van der Waals surface area contributed by atoms with Gasteiger partial charge in [0.2, 0.25) is 11.8 Å². The topological polar surface area (TPSA) is 99.3 Å². The Morgan fingerprint density at radius 2 is 1.83 bits per heavy atom. The van der Waals surface area contributed by atoms with Gasteiger partial charge >= 0.3 is 0 Å². The van der Waals surface area contributed by atoms with Crippen LogP contribution in [0.5, 0.6) is 5.75 Å². The Bertz CT molecular complexity index is 919. The van der Waals surface area contributed by atoms with Gasteiger partial charge in [0.15, 0.2) is 6.29 Å². The first kappa shape index (κ1) is 26.6. The number of hydrogen-bond acceptors (Lipinski definition) is 6. The third kappa shape index (κ3) is 6.78. The van der Waals surface area contributed by atoms with Gasteiger partial charge in [0, 0.05) is 32.7 Å². The highest BCUT2D eigenvalue weighted by Crippen LogP contribution is 2.24. The number of benzene rings is 1. The second-order valence-electron chi connectivity index (χ2n) is 9.58. The lowest BCUT2D eigenvalue weighted by Crippen LogP contribution is -2.56. The summed E-state index contributed by atoms with van der Waals surface area (Å²) in [6, 6.07) is 4.57. The van der Waals surface area contributed by atoms with Gasteiger partial charge in [0.1, 0.15) is 17.8 Å². The second kappa shape index (κ2) is 12.1. The Hall–Kier alpha value is -3.01. The maximum Gasteiger partial charge on any atom is 0.293 e. The van der Waals surface area contributed by atoms with E-state index in [9.17, 15) is 23.6 Å². The van der Waals surface area contributed by atoms with E-state index in [2.05, 4.69) is 10.2 Å². The first-order chi connectivity index (χ1) is 16.7. The Morgan fingerprint density at radius 3 is 2.49 bits per heavy atom. The number of hydrogen-bond donors (Lipinski definition) is 1. The van der Waals surface area contributed by atoms with Crippen LogP contribution in [-0.2, 0) is 14.4 Å². The average molecular weight is 491 g/mol. The molecule has 192 valence electrons. The van der Waals surface area contributed by atoms with Crippen molar-refractivity contribution in [1.29, 1.82) is 0 Å². The molecule has 0 bridgehead atoms.